The number of carbonyl (C=O) groups excluding carboxylic acids is 2. The fourth-order valence-corrected chi connectivity index (χ4v) is 7.60. The first kappa shape index (κ1) is 60.9. The summed E-state index contributed by atoms with van der Waals surface area (Å²) in [5.41, 5.74) is 0. The predicted octanol–water partition coefficient (Wildman–Crippen LogP) is 12.9. The zero-order valence-electron chi connectivity index (χ0n) is 40.1. The molecule has 0 aliphatic carbocycles. The fraction of sp³-hybridized carbons (Fsp3) is 0.804. The third kappa shape index (κ3) is 46.2. The van der Waals surface area contributed by atoms with E-state index in [9.17, 15) is 29.3 Å². The van der Waals surface area contributed by atoms with Crippen LogP contribution >= 0.6 is 7.82 Å². The Morgan fingerprint density at radius 3 is 1.44 bits per heavy atom. The monoisotopic (exact) mass is 913 g/mol. The molecule has 12 heteroatoms. The van der Waals surface area contributed by atoms with Gasteiger partial charge in [0.05, 0.1) is 25.9 Å². The van der Waals surface area contributed by atoms with Gasteiger partial charge in [-0.05, 0) is 70.6 Å². The zero-order chi connectivity index (χ0) is 46.5. The normalized spacial score (nSPS) is 15.1. The van der Waals surface area contributed by atoms with Gasteiger partial charge in [0.15, 0.2) is 6.10 Å². The van der Waals surface area contributed by atoms with Crippen LogP contribution in [0, 0.1) is 5.92 Å². The molecule has 2 unspecified atom stereocenters. The minimum atomic E-state index is -4.64. The van der Waals surface area contributed by atoms with E-state index in [1.165, 1.54) is 103 Å². The summed E-state index contributed by atoms with van der Waals surface area (Å²) in [5.74, 6) is -0.111. The number of carbonyl (C=O) groups is 2. The molecule has 0 bridgehead atoms. The quantitative estimate of drug-likeness (QED) is 0.0198. The van der Waals surface area contributed by atoms with Gasteiger partial charge in [-0.15, -0.1) is 0 Å². The highest BCUT2D eigenvalue weighted by Gasteiger charge is 2.27. The highest BCUT2D eigenvalue weighted by molar-refractivity contribution is 7.47. The van der Waals surface area contributed by atoms with E-state index in [4.69, 9.17) is 23.6 Å². The first-order valence-corrected chi connectivity index (χ1v) is 26.5. The Bertz CT molecular complexity index is 1220. The summed E-state index contributed by atoms with van der Waals surface area (Å²) < 4.78 is 32.8. The standard InChI is InChI=1S/C51H93O11P/c1-4-46(2)38-34-30-26-22-18-14-10-7-5-6-8-12-16-20-24-28-32-36-40-50(55)59-44-49(45-61-63(57,58)60-43-48(54)42-52)62-51(56)41-37-33-29-25-21-17-13-9-11-15-19-23-27-31-35-39-47(3)53/h11,13,15,17,23,25,27,29,46-49,52-54H,4-10,12,14,16,18-22,24,26,28,30-45H2,1-3H3,(H,57,58)/b15-11-,17-13-,27-23-,29-25-/t46?,47-,48-,49+/m0/s1. The Balaban J connectivity index is 4.24. The first-order valence-electron chi connectivity index (χ1n) is 25.0. The lowest BCUT2D eigenvalue weighted by molar-refractivity contribution is -0.161. The van der Waals surface area contributed by atoms with Crippen molar-refractivity contribution in [1.29, 1.82) is 0 Å². The lowest BCUT2D eigenvalue weighted by Gasteiger charge is -2.20. The molecular formula is C51H93O11P. The molecule has 0 heterocycles. The lowest BCUT2D eigenvalue weighted by atomic mass is 9.99. The SMILES string of the molecule is CCC(C)CCCCCCCCCCCCCCCCCCCCC(=O)OC[C@H](COP(=O)(O)OC[C@@H](O)CO)OC(=O)CCC/C=C\C/C=C\C/C=C\C/C=C\CCC[C@H](C)O. The third-order valence-corrected chi connectivity index (χ3v) is 12.0. The first-order chi connectivity index (χ1) is 30.5. The van der Waals surface area contributed by atoms with Crippen LogP contribution in [0.15, 0.2) is 48.6 Å². The molecule has 0 amide bonds. The van der Waals surface area contributed by atoms with Crippen molar-refractivity contribution >= 4 is 19.8 Å². The maximum absolute atomic E-state index is 12.6. The molecule has 0 fully saturated rings. The zero-order valence-corrected chi connectivity index (χ0v) is 41.0. The van der Waals surface area contributed by atoms with Gasteiger partial charge in [0, 0.05) is 12.8 Å². The van der Waals surface area contributed by atoms with Crippen molar-refractivity contribution in [1.82, 2.24) is 0 Å². The van der Waals surface area contributed by atoms with Crippen LogP contribution in [-0.2, 0) is 32.7 Å². The second-order valence-corrected chi connectivity index (χ2v) is 18.8. The molecular weight excluding hydrogens is 820 g/mol. The van der Waals surface area contributed by atoms with E-state index in [1.807, 2.05) is 19.1 Å². The van der Waals surface area contributed by atoms with Gasteiger partial charge >= 0.3 is 19.8 Å². The number of phosphoric ester groups is 1. The van der Waals surface area contributed by atoms with Crippen molar-refractivity contribution in [3.8, 4) is 0 Å². The summed E-state index contributed by atoms with van der Waals surface area (Å²) in [6.07, 6.45) is 46.4. The molecule has 0 rings (SSSR count). The number of phosphoric acid groups is 1. The van der Waals surface area contributed by atoms with E-state index in [2.05, 4.69) is 50.3 Å². The summed E-state index contributed by atoms with van der Waals surface area (Å²) in [6, 6.07) is 0. The van der Waals surface area contributed by atoms with Crippen molar-refractivity contribution in [2.75, 3.05) is 26.4 Å². The Labute approximate surface area is 384 Å². The van der Waals surface area contributed by atoms with E-state index in [1.54, 1.807) is 0 Å². The molecule has 4 N–H and O–H groups in total. The second kappa shape index (κ2) is 45.1. The number of aliphatic hydroxyl groups excluding tert-OH is 3. The molecule has 0 saturated carbocycles. The second-order valence-electron chi connectivity index (χ2n) is 17.4. The van der Waals surface area contributed by atoms with Crippen LogP contribution in [0.3, 0.4) is 0 Å². The van der Waals surface area contributed by atoms with Crippen LogP contribution in [-0.4, -0.2) is 76.9 Å². The van der Waals surface area contributed by atoms with Crippen LogP contribution < -0.4 is 0 Å². The largest absolute Gasteiger partial charge is 0.472 e. The summed E-state index contributed by atoms with van der Waals surface area (Å²) in [7, 11) is -4.64. The Morgan fingerprint density at radius 1 is 0.540 bits per heavy atom. The van der Waals surface area contributed by atoms with Crippen molar-refractivity contribution < 1.29 is 52.9 Å². The van der Waals surface area contributed by atoms with Crippen molar-refractivity contribution in [3.63, 3.8) is 0 Å². The molecule has 0 aromatic heterocycles. The average molecular weight is 913 g/mol. The smallest absolute Gasteiger partial charge is 0.462 e. The molecule has 5 atom stereocenters. The van der Waals surface area contributed by atoms with E-state index >= 15 is 0 Å². The summed E-state index contributed by atoms with van der Waals surface area (Å²) in [4.78, 5) is 35.1. The molecule has 368 valence electrons. The fourth-order valence-electron chi connectivity index (χ4n) is 6.81. The maximum Gasteiger partial charge on any atom is 0.472 e. The van der Waals surface area contributed by atoms with Gasteiger partial charge in [0.25, 0.3) is 0 Å². The van der Waals surface area contributed by atoms with E-state index in [-0.39, 0.29) is 25.6 Å². The number of aliphatic hydroxyl groups is 3. The van der Waals surface area contributed by atoms with Crippen LogP contribution in [0.4, 0.5) is 0 Å². The predicted molar refractivity (Wildman–Crippen MR) is 257 cm³/mol. The molecule has 0 aliphatic heterocycles. The molecule has 11 nitrogen and oxygen atoms in total. The van der Waals surface area contributed by atoms with Gasteiger partial charge in [-0.1, -0.05) is 184 Å². The van der Waals surface area contributed by atoms with Gasteiger partial charge in [0.2, 0.25) is 0 Å². The number of hydrogen-bond donors (Lipinski definition) is 4. The topological polar surface area (TPSA) is 169 Å². The molecule has 0 spiro atoms. The van der Waals surface area contributed by atoms with Gasteiger partial charge < -0.3 is 29.7 Å². The number of ether oxygens (including phenoxy) is 2. The summed E-state index contributed by atoms with van der Waals surface area (Å²) in [6.45, 7) is 4.27. The summed E-state index contributed by atoms with van der Waals surface area (Å²) >= 11 is 0. The van der Waals surface area contributed by atoms with Crippen LogP contribution in [0.25, 0.3) is 0 Å². The van der Waals surface area contributed by atoms with Gasteiger partial charge in [-0.2, -0.15) is 0 Å². The third-order valence-electron chi connectivity index (χ3n) is 11.0. The Hall–Kier alpha value is -2.11. The van der Waals surface area contributed by atoms with Gasteiger partial charge in [0.1, 0.15) is 12.7 Å². The Morgan fingerprint density at radius 2 is 0.968 bits per heavy atom. The molecule has 0 radical (unpaired) electrons. The lowest BCUT2D eigenvalue weighted by Crippen LogP contribution is -2.29. The number of hydrogen-bond acceptors (Lipinski definition) is 10. The maximum atomic E-state index is 12.6. The average Bonchev–Trinajstić information content (AvgIpc) is 3.26. The van der Waals surface area contributed by atoms with E-state index in [0.717, 1.165) is 63.7 Å². The molecule has 0 aliphatic rings. The Kier molecular flexibility index (Phi) is 43.6. The number of esters is 2. The van der Waals surface area contributed by atoms with Crippen LogP contribution in [0.2, 0.25) is 0 Å². The highest BCUT2D eigenvalue weighted by atomic mass is 31.2. The van der Waals surface area contributed by atoms with E-state index < -0.39 is 51.8 Å². The van der Waals surface area contributed by atoms with Crippen molar-refractivity contribution in [2.24, 2.45) is 5.92 Å². The number of unbranched alkanes of at least 4 members (excludes halogenated alkanes) is 19. The molecule has 0 saturated heterocycles. The van der Waals surface area contributed by atoms with E-state index in [0.29, 0.717) is 19.3 Å². The van der Waals surface area contributed by atoms with Crippen molar-refractivity contribution in [2.45, 2.75) is 232 Å². The highest BCUT2D eigenvalue weighted by Crippen LogP contribution is 2.43. The summed E-state index contributed by atoms with van der Waals surface area (Å²) in [5, 5.41) is 27.7. The van der Waals surface area contributed by atoms with Gasteiger partial charge in [-0.3, -0.25) is 18.6 Å². The minimum absolute atomic E-state index is 0.0967. The molecule has 0 aromatic carbocycles. The molecule has 63 heavy (non-hydrogen) atoms. The number of allylic oxidation sites excluding steroid dienone is 8. The van der Waals surface area contributed by atoms with Crippen molar-refractivity contribution in [3.05, 3.63) is 48.6 Å². The van der Waals surface area contributed by atoms with Gasteiger partial charge in [-0.25, -0.2) is 4.57 Å². The minimum Gasteiger partial charge on any atom is -0.462 e. The van der Waals surface area contributed by atoms with Crippen LogP contribution in [0.5, 0.6) is 0 Å². The van der Waals surface area contributed by atoms with Crippen LogP contribution in [0.1, 0.15) is 213 Å². The number of rotatable bonds is 46. The molecule has 0 aromatic rings.